The molecule has 1 nitrogen and oxygen atoms in total. The molecule has 3 atom stereocenters. The molecule has 0 bridgehead atoms. The molecular formula is C17H26O. The summed E-state index contributed by atoms with van der Waals surface area (Å²) < 4.78 is 0. The van der Waals surface area contributed by atoms with Gasteiger partial charge in [0.15, 0.2) is 0 Å². The zero-order chi connectivity index (χ0) is 13.2. The number of aliphatic hydroxyl groups is 1. The lowest BCUT2D eigenvalue weighted by atomic mass is 9.66. The van der Waals surface area contributed by atoms with Crippen molar-refractivity contribution in [3.63, 3.8) is 0 Å². The molecule has 0 heterocycles. The van der Waals surface area contributed by atoms with E-state index in [4.69, 9.17) is 0 Å². The highest BCUT2D eigenvalue weighted by molar-refractivity contribution is 5.23. The molecule has 1 saturated carbocycles. The SMILES string of the molecule is CCC(O)(c1ccccc1)C1CC(C)CC(C)C1. The van der Waals surface area contributed by atoms with Gasteiger partial charge in [-0.2, -0.15) is 0 Å². The van der Waals surface area contributed by atoms with Gasteiger partial charge in [0.1, 0.15) is 0 Å². The Morgan fingerprint density at radius 1 is 1.06 bits per heavy atom. The average Bonchev–Trinajstić information content (AvgIpc) is 2.37. The van der Waals surface area contributed by atoms with Crippen LogP contribution < -0.4 is 0 Å². The highest BCUT2D eigenvalue weighted by Gasteiger charge is 2.40. The number of benzene rings is 1. The van der Waals surface area contributed by atoms with Crippen LogP contribution in [0.3, 0.4) is 0 Å². The molecule has 0 saturated heterocycles. The first-order chi connectivity index (χ1) is 8.56. The van der Waals surface area contributed by atoms with Gasteiger partial charge in [-0.25, -0.2) is 0 Å². The highest BCUT2D eigenvalue weighted by atomic mass is 16.3. The normalized spacial score (nSPS) is 31.9. The van der Waals surface area contributed by atoms with Crippen LogP contribution in [0.1, 0.15) is 52.0 Å². The van der Waals surface area contributed by atoms with Gasteiger partial charge in [-0.3, -0.25) is 0 Å². The molecule has 0 aliphatic heterocycles. The van der Waals surface area contributed by atoms with Crippen LogP contribution in [0, 0.1) is 17.8 Å². The van der Waals surface area contributed by atoms with Crippen molar-refractivity contribution in [2.75, 3.05) is 0 Å². The summed E-state index contributed by atoms with van der Waals surface area (Å²) in [5, 5.41) is 11.2. The van der Waals surface area contributed by atoms with Gasteiger partial charge in [-0.1, -0.05) is 51.1 Å². The van der Waals surface area contributed by atoms with E-state index in [1.54, 1.807) is 0 Å². The Balaban J connectivity index is 2.26. The van der Waals surface area contributed by atoms with Crippen molar-refractivity contribution in [3.8, 4) is 0 Å². The highest BCUT2D eigenvalue weighted by Crippen LogP contribution is 2.44. The third kappa shape index (κ3) is 2.61. The van der Waals surface area contributed by atoms with E-state index in [1.807, 2.05) is 18.2 Å². The Morgan fingerprint density at radius 3 is 2.11 bits per heavy atom. The van der Waals surface area contributed by atoms with Gasteiger partial charge < -0.3 is 5.11 Å². The molecule has 1 aromatic rings. The summed E-state index contributed by atoms with van der Waals surface area (Å²) in [6, 6.07) is 10.2. The first-order valence-corrected chi connectivity index (χ1v) is 7.34. The fourth-order valence-electron chi connectivity index (χ4n) is 3.79. The molecule has 1 aliphatic rings. The van der Waals surface area contributed by atoms with Crippen LogP contribution in [-0.2, 0) is 5.60 Å². The van der Waals surface area contributed by atoms with Gasteiger partial charge in [0.25, 0.3) is 0 Å². The van der Waals surface area contributed by atoms with E-state index in [-0.39, 0.29) is 0 Å². The van der Waals surface area contributed by atoms with Crippen LogP contribution in [0.15, 0.2) is 30.3 Å². The first-order valence-electron chi connectivity index (χ1n) is 7.34. The van der Waals surface area contributed by atoms with Crippen LogP contribution in [0.4, 0.5) is 0 Å². The summed E-state index contributed by atoms with van der Waals surface area (Å²) in [7, 11) is 0. The summed E-state index contributed by atoms with van der Waals surface area (Å²) in [5.74, 6) is 1.88. The largest absolute Gasteiger partial charge is 0.385 e. The molecule has 1 fully saturated rings. The summed E-state index contributed by atoms with van der Waals surface area (Å²) in [6.45, 7) is 6.75. The molecule has 2 rings (SSSR count). The van der Waals surface area contributed by atoms with Crippen LogP contribution in [0.25, 0.3) is 0 Å². The molecule has 0 amide bonds. The van der Waals surface area contributed by atoms with Gasteiger partial charge in [-0.05, 0) is 49.0 Å². The van der Waals surface area contributed by atoms with Crippen molar-refractivity contribution < 1.29 is 5.11 Å². The van der Waals surface area contributed by atoms with Crippen molar-refractivity contribution in [2.24, 2.45) is 17.8 Å². The smallest absolute Gasteiger partial charge is 0.0922 e. The van der Waals surface area contributed by atoms with E-state index < -0.39 is 5.60 Å². The minimum atomic E-state index is -0.635. The van der Waals surface area contributed by atoms with Crippen LogP contribution in [0.2, 0.25) is 0 Å². The molecule has 1 aromatic carbocycles. The first kappa shape index (κ1) is 13.6. The maximum Gasteiger partial charge on any atom is 0.0922 e. The van der Waals surface area contributed by atoms with E-state index in [2.05, 4.69) is 32.9 Å². The predicted octanol–water partition coefficient (Wildman–Crippen LogP) is 4.36. The third-order valence-corrected chi connectivity index (χ3v) is 4.67. The number of rotatable bonds is 3. The van der Waals surface area contributed by atoms with Gasteiger partial charge >= 0.3 is 0 Å². The topological polar surface area (TPSA) is 20.2 Å². The second-order valence-electron chi connectivity index (χ2n) is 6.26. The van der Waals surface area contributed by atoms with E-state index >= 15 is 0 Å². The van der Waals surface area contributed by atoms with Crippen molar-refractivity contribution >= 4 is 0 Å². The van der Waals surface area contributed by atoms with Crippen LogP contribution in [-0.4, -0.2) is 5.11 Å². The molecule has 1 N–H and O–H groups in total. The molecular weight excluding hydrogens is 220 g/mol. The Bertz CT molecular complexity index is 362. The quantitative estimate of drug-likeness (QED) is 0.840. The summed E-state index contributed by atoms with van der Waals surface area (Å²) >= 11 is 0. The molecule has 3 unspecified atom stereocenters. The van der Waals surface area contributed by atoms with Crippen molar-refractivity contribution in [2.45, 2.75) is 52.1 Å². The minimum absolute atomic E-state index is 0.406. The Morgan fingerprint density at radius 2 is 1.61 bits per heavy atom. The maximum absolute atomic E-state index is 11.2. The fourth-order valence-corrected chi connectivity index (χ4v) is 3.79. The van der Waals surface area contributed by atoms with Gasteiger partial charge in [0.2, 0.25) is 0 Å². The molecule has 0 spiro atoms. The third-order valence-electron chi connectivity index (χ3n) is 4.67. The number of hydrogen-bond donors (Lipinski definition) is 1. The van der Waals surface area contributed by atoms with Crippen LogP contribution in [0.5, 0.6) is 0 Å². The van der Waals surface area contributed by atoms with Crippen molar-refractivity contribution in [3.05, 3.63) is 35.9 Å². The minimum Gasteiger partial charge on any atom is -0.385 e. The van der Waals surface area contributed by atoms with Gasteiger partial charge in [-0.15, -0.1) is 0 Å². The standard InChI is InChI=1S/C17H26O/c1-4-17(18,15-8-6-5-7-9-15)16-11-13(2)10-14(3)12-16/h5-9,13-14,16,18H,4,10-12H2,1-3H3. The van der Waals surface area contributed by atoms with Gasteiger partial charge in [0.05, 0.1) is 5.60 Å². The van der Waals surface area contributed by atoms with E-state index in [0.717, 1.165) is 36.7 Å². The molecule has 0 aromatic heterocycles. The van der Waals surface area contributed by atoms with Crippen molar-refractivity contribution in [1.82, 2.24) is 0 Å². The monoisotopic (exact) mass is 246 g/mol. The maximum atomic E-state index is 11.2. The summed E-state index contributed by atoms with van der Waals surface area (Å²) in [5.41, 5.74) is 0.461. The second kappa shape index (κ2) is 5.44. The molecule has 100 valence electrons. The van der Waals surface area contributed by atoms with Crippen LogP contribution >= 0.6 is 0 Å². The Hall–Kier alpha value is -0.820. The lowest BCUT2D eigenvalue weighted by molar-refractivity contribution is -0.0574. The van der Waals surface area contributed by atoms with E-state index in [9.17, 15) is 5.11 Å². The lowest BCUT2D eigenvalue weighted by Gasteiger charge is -2.42. The fraction of sp³-hybridized carbons (Fsp3) is 0.647. The second-order valence-corrected chi connectivity index (χ2v) is 6.26. The molecule has 0 radical (unpaired) electrons. The Kier molecular flexibility index (Phi) is 4.11. The zero-order valence-corrected chi connectivity index (χ0v) is 11.9. The van der Waals surface area contributed by atoms with Gasteiger partial charge in [0, 0.05) is 0 Å². The van der Waals surface area contributed by atoms with Crippen molar-refractivity contribution in [1.29, 1.82) is 0 Å². The summed E-state index contributed by atoms with van der Waals surface area (Å²) in [4.78, 5) is 0. The molecule has 1 heteroatoms. The van der Waals surface area contributed by atoms with E-state index in [1.165, 1.54) is 6.42 Å². The van der Waals surface area contributed by atoms with E-state index in [0.29, 0.717) is 5.92 Å². The molecule has 18 heavy (non-hydrogen) atoms. The zero-order valence-electron chi connectivity index (χ0n) is 11.9. The Labute approximate surface area is 111 Å². The number of hydrogen-bond acceptors (Lipinski definition) is 1. The molecule has 1 aliphatic carbocycles. The average molecular weight is 246 g/mol. The summed E-state index contributed by atoms with van der Waals surface area (Å²) in [6.07, 6.45) is 4.43. The predicted molar refractivity (Wildman–Crippen MR) is 76.3 cm³/mol. The lowest BCUT2D eigenvalue weighted by Crippen LogP contribution is -2.39.